The molecule has 0 heterocycles. The number of amides is 1. The summed E-state index contributed by atoms with van der Waals surface area (Å²) in [6.07, 6.45) is -1.33. The van der Waals surface area contributed by atoms with Crippen molar-refractivity contribution in [3.8, 4) is 0 Å². The van der Waals surface area contributed by atoms with E-state index in [2.05, 4.69) is 5.73 Å². The monoisotopic (exact) mass is 143 g/mol. The van der Waals surface area contributed by atoms with Crippen LogP contribution in [-0.2, 0) is 0 Å². The lowest BCUT2D eigenvalue weighted by atomic mass is 11.3. The van der Waals surface area contributed by atoms with Crippen LogP contribution in [0.1, 0.15) is 0 Å². The number of primary amides is 1. The Morgan fingerprint density at radius 1 is 1.38 bits per heavy atom. The predicted octanol–water partition coefficient (Wildman–Crippen LogP) is -1.19. The maximum Gasteiger partial charge on any atom is 0.402 e. The van der Waals surface area contributed by atoms with Gasteiger partial charge < -0.3 is 25.5 Å². The van der Waals surface area contributed by atoms with Gasteiger partial charge in [0.1, 0.15) is 0 Å². The molecule has 0 aliphatic carbocycles. The van der Waals surface area contributed by atoms with E-state index in [9.17, 15) is 0 Å². The standard InChI is InChI=1S/CH3NO2.H3O3P/c2-1(3)4;1-4(2)3/h2H2,(H,3,4);1-3H. The van der Waals surface area contributed by atoms with Gasteiger partial charge in [0.2, 0.25) is 0 Å². The highest BCUT2D eigenvalue weighted by Crippen LogP contribution is 2.11. The second kappa shape index (κ2) is 6.58. The first kappa shape index (κ1) is 10.5. The summed E-state index contributed by atoms with van der Waals surface area (Å²) >= 11 is 0. The van der Waals surface area contributed by atoms with Crippen LogP contribution < -0.4 is 5.73 Å². The number of nitrogens with two attached hydrogens (primary N) is 1. The topological polar surface area (TPSA) is 124 Å². The Labute approximate surface area is 46.2 Å². The molecule has 0 rings (SSSR count). The summed E-state index contributed by atoms with van der Waals surface area (Å²) in [4.78, 5) is 30.5. The summed E-state index contributed by atoms with van der Waals surface area (Å²) in [5.41, 5.74) is 4.03. The van der Waals surface area contributed by atoms with Gasteiger partial charge in [-0.3, -0.25) is 0 Å². The molecule has 6 nitrogen and oxygen atoms in total. The van der Waals surface area contributed by atoms with Crippen molar-refractivity contribution < 1.29 is 24.6 Å². The van der Waals surface area contributed by atoms with Crippen LogP contribution in [0.25, 0.3) is 0 Å². The van der Waals surface area contributed by atoms with Crippen LogP contribution in [0, 0.1) is 0 Å². The van der Waals surface area contributed by atoms with Gasteiger partial charge in [-0.1, -0.05) is 0 Å². The summed E-state index contributed by atoms with van der Waals surface area (Å²) in [6, 6.07) is 0. The molecule has 7 heteroatoms. The quantitative estimate of drug-likeness (QED) is 0.273. The van der Waals surface area contributed by atoms with Crippen molar-refractivity contribution in [1.82, 2.24) is 0 Å². The van der Waals surface area contributed by atoms with E-state index in [-0.39, 0.29) is 0 Å². The molecule has 0 spiro atoms. The van der Waals surface area contributed by atoms with Gasteiger partial charge in [-0.15, -0.1) is 0 Å². The number of carbonyl (C=O) groups is 1. The molecule has 50 valence electrons. The van der Waals surface area contributed by atoms with Crippen LogP contribution >= 0.6 is 8.60 Å². The molecule has 1 amide bonds. The lowest BCUT2D eigenvalue weighted by Gasteiger charge is -1.76. The summed E-state index contributed by atoms with van der Waals surface area (Å²) in [5, 5.41) is 7.19. The van der Waals surface area contributed by atoms with Gasteiger partial charge in [0.15, 0.2) is 0 Å². The van der Waals surface area contributed by atoms with Crippen molar-refractivity contribution in [2.75, 3.05) is 0 Å². The lowest BCUT2D eigenvalue weighted by molar-refractivity contribution is 0.205. The van der Waals surface area contributed by atoms with E-state index in [1.54, 1.807) is 0 Å². The first-order chi connectivity index (χ1) is 3.46. The smallest absolute Gasteiger partial charge is 0.402 e. The van der Waals surface area contributed by atoms with Crippen molar-refractivity contribution in [1.29, 1.82) is 0 Å². The number of hydrogen-bond acceptors (Lipinski definition) is 4. The van der Waals surface area contributed by atoms with E-state index in [0.717, 1.165) is 0 Å². The summed E-state index contributed by atoms with van der Waals surface area (Å²) < 4.78 is 0. The van der Waals surface area contributed by atoms with Gasteiger partial charge in [-0.2, -0.15) is 0 Å². The Balaban J connectivity index is 0. The fraction of sp³-hybridized carbons (Fsp3) is 0. The molecular weight excluding hydrogens is 137 g/mol. The minimum absolute atomic E-state index is 1.33. The predicted molar refractivity (Wildman–Crippen MR) is 25.8 cm³/mol. The second-order valence-electron chi connectivity index (χ2n) is 0.607. The number of carboxylic acid groups (broad SMARTS) is 1. The molecule has 0 atom stereocenters. The van der Waals surface area contributed by atoms with Gasteiger partial charge in [0.05, 0.1) is 0 Å². The molecule has 0 fully saturated rings. The highest BCUT2D eigenvalue weighted by molar-refractivity contribution is 7.38. The van der Waals surface area contributed by atoms with Crippen LogP contribution in [0.4, 0.5) is 4.79 Å². The molecule has 8 heavy (non-hydrogen) atoms. The molecule has 0 aliphatic heterocycles. The third-order valence-corrected chi connectivity index (χ3v) is 0. The van der Waals surface area contributed by atoms with Crippen molar-refractivity contribution in [3.63, 3.8) is 0 Å². The van der Waals surface area contributed by atoms with E-state index in [1.807, 2.05) is 0 Å². The van der Waals surface area contributed by atoms with Gasteiger partial charge in [0, 0.05) is 0 Å². The van der Waals surface area contributed by atoms with Gasteiger partial charge in [-0.05, 0) is 0 Å². The Kier molecular flexibility index (Phi) is 8.67. The van der Waals surface area contributed by atoms with E-state index in [1.165, 1.54) is 0 Å². The molecule has 0 unspecified atom stereocenters. The summed E-state index contributed by atoms with van der Waals surface area (Å²) in [5.74, 6) is 0. The summed E-state index contributed by atoms with van der Waals surface area (Å²) in [7, 11) is -2.62. The molecule has 0 aliphatic rings. The van der Waals surface area contributed by atoms with Crippen LogP contribution in [0.5, 0.6) is 0 Å². The largest absolute Gasteiger partial charge is 0.465 e. The molecular formula is CH6NO5P. The molecule has 0 aromatic carbocycles. The second-order valence-corrected chi connectivity index (χ2v) is 1.14. The van der Waals surface area contributed by atoms with Gasteiger partial charge >= 0.3 is 14.7 Å². The average molecular weight is 143 g/mol. The van der Waals surface area contributed by atoms with Crippen LogP contribution in [0.15, 0.2) is 0 Å². The number of rotatable bonds is 0. The number of hydrogen-bond donors (Lipinski definition) is 5. The molecule has 0 saturated heterocycles. The average Bonchev–Trinajstić information content (AvgIpc) is 1.25. The molecule has 0 saturated carbocycles. The Bertz CT molecular complexity index is 56.7. The van der Waals surface area contributed by atoms with Crippen molar-refractivity contribution >= 4 is 14.7 Å². The fourth-order valence-electron chi connectivity index (χ4n) is 0. The molecule has 6 N–H and O–H groups in total. The van der Waals surface area contributed by atoms with Crippen LogP contribution in [-0.4, -0.2) is 25.9 Å². The maximum atomic E-state index is 8.78. The molecule has 0 aromatic heterocycles. The minimum Gasteiger partial charge on any atom is -0.465 e. The fourth-order valence-corrected chi connectivity index (χ4v) is 0. The zero-order valence-corrected chi connectivity index (χ0v) is 4.62. The SMILES string of the molecule is NC(=O)O.OP(O)O. The van der Waals surface area contributed by atoms with E-state index in [0.29, 0.717) is 0 Å². The molecule has 0 aromatic rings. The Hall–Kier alpha value is -0.420. The van der Waals surface area contributed by atoms with Crippen molar-refractivity contribution in [2.45, 2.75) is 0 Å². The van der Waals surface area contributed by atoms with Gasteiger partial charge in [0.25, 0.3) is 0 Å². The summed E-state index contributed by atoms with van der Waals surface area (Å²) in [6.45, 7) is 0. The van der Waals surface area contributed by atoms with Crippen molar-refractivity contribution in [2.24, 2.45) is 5.73 Å². The van der Waals surface area contributed by atoms with Crippen LogP contribution in [0.3, 0.4) is 0 Å². The Morgan fingerprint density at radius 2 is 1.38 bits per heavy atom. The molecule has 0 radical (unpaired) electrons. The third kappa shape index (κ3) is 664. The van der Waals surface area contributed by atoms with E-state index >= 15 is 0 Å². The molecule has 0 bridgehead atoms. The van der Waals surface area contributed by atoms with E-state index in [4.69, 9.17) is 24.6 Å². The Morgan fingerprint density at radius 3 is 1.38 bits per heavy atom. The van der Waals surface area contributed by atoms with Gasteiger partial charge in [-0.25, -0.2) is 4.79 Å². The zero-order valence-electron chi connectivity index (χ0n) is 3.72. The zero-order chi connectivity index (χ0) is 7.15. The third-order valence-electron chi connectivity index (χ3n) is 0. The first-order valence-electron chi connectivity index (χ1n) is 1.32. The minimum atomic E-state index is -2.62. The lowest BCUT2D eigenvalue weighted by Crippen LogP contribution is -2.03. The first-order valence-corrected chi connectivity index (χ1v) is 2.52. The maximum absolute atomic E-state index is 8.78. The van der Waals surface area contributed by atoms with E-state index < -0.39 is 14.7 Å². The normalized spacial score (nSPS) is 7.50. The highest BCUT2D eigenvalue weighted by Gasteiger charge is 1.76. The highest BCUT2D eigenvalue weighted by atomic mass is 31.2. The van der Waals surface area contributed by atoms with Crippen LogP contribution in [0.2, 0.25) is 0 Å². The van der Waals surface area contributed by atoms with Crippen molar-refractivity contribution in [3.05, 3.63) is 0 Å².